The highest BCUT2D eigenvalue weighted by molar-refractivity contribution is 5.79. The minimum absolute atomic E-state index is 0.343. The molecule has 0 radical (unpaired) electrons. The van der Waals surface area contributed by atoms with Crippen LogP contribution in [-0.4, -0.2) is 32.2 Å². The predicted molar refractivity (Wildman–Crippen MR) is 71.9 cm³/mol. The molecular weight excluding hydrogens is 242 g/mol. The summed E-state index contributed by atoms with van der Waals surface area (Å²) in [4.78, 5) is 15.8. The Morgan fingerprint density at radius 1 is 1.53 bits per heavy atom. The van der Waals surface area contributed by atoms with Gasteiger partial charge in [-0.25, -0.2) is 4.98 Å². The number of benzene rings is 1. The molecule has 1 aliphatic carbocycles. The van der Waals surface area contributed by atoms with Crippen molar-refractivity contribution in [3.63, 3.8) is 0 Å². The van der Waals surface area contributed by atoms with Crippen LogP contribution in [0.4, 0.5) is 0 Å². The van der Waals surface area contributed by atoms with E-state index in [4.69, 9.17) is 0 Å². The fraction of sp³-hybridized carbons (Fsp3) is 0.429. The van der Waals surface area contributed by atoms with Crippen LogP contribution in [0.3, 0.4) is 0 Å². The zero-order valence-electron chi connectivity index (χ0n) is 10.8. The van der Waals surface area contributed by atoms with Crippen LogP contribution in [-0.2, 0) is 11.3 Å². The van der Waals surface area contributed by atoms with E-state index in [0.717, 1.165) is 23.9 Å². The van der Waals surface area contributed by atoms with Crippen molar-refractivity contribution in [2.24, 2.45) is 0 Å². The Kier molecular flexibility index (Phi) is 2.78. The number of hydrogen-bond donors (Lipinski definition) is 2. The molecular formula is C14H17N3O2. The Morgan fingerprint density at radius 3 is 2.95 bits per heavy atom. The molecule has 0 aliphatic heterocycles. The van der Waals surface area contributed by atoms with E-state index in [2.05, 4.69) is 10.3 Å². The number of aliphatic carboxylic acids is 1. The monoisotopic (exact) mass is 259 g/mol. The van der Waals surface area contributed by atoms with Gasteiger partial charge in [0.05, 0.1) is 23.9 Å². The van der Waals surface area contributed by atoms with Gasteiger partial charge in [-0.2, -0.15) is 0 Å². The first-order chi connectivity index (χ1) is 9.08. The number of nitrogens with one attached hydrogen (secondary N) is 1. The Morgan fingerprint density at radius 2 is 2.26 bits per heavy atom. The van der Waals surface area contributed by atoms with E-state index in [0.29, 0.717) is 12.6 Å². The maximum atomic E-state index is 11.6. The topological polar surface area (TPSA) is 67.2 Å². The molecule has 1 saturated carbocycles. The first-order valence-corrected chi connectivity index (χ1v) is 6.49. The summed E-state index contributed by atoms with van der Waals surface area (Å²) in [6, 6.07) is 8.10. The Balaban J connectivity index is 1.90. The summed E-state index contributed by atoms with van der Waals surface area (Å²) in [7, 11) is 0. The van der Waals surface area contributed by atoms with Crippen LogP contribution in [0, 0.1) is 0 Å². The molecule has 2 N–H and O–H groups in total. The average Bonchev–Trinajstić information content (AvgIpc) is 3.10. The zero-order valence-corrected chi connectivity index (χ0v) is 10.8. The second-order valence-electron chi connectivity index (χ2n) is 5.42. The molecule has 1 aromatic heterocycles. The van der Waals surface area contributed by atoms with Crippen LogP contribution >= 0.6 is 0 Å². The van der Waals surface area contributed by atoms with Gasteiger partial charge in [-0.05, 0) is 31.9 Å². The molecule has 3 rings (SSSR count). The van der Waals surface area contributed by atoms with Crippen molar-refractivity contribution in [3.8, 4) is 0 Å². The van der Waals surface area contributed by atoms with Gasteiger partial charge in [0.15, 0.2) is 0 Å². The van der Waals surface area contributed by atoms with Crippen molar-refractivity contribution in [3.05, 3.63) is 30.6 Å². The molecule has 1 aromatic carbocycles. The lowest BCUT2D eigenvalue weighted by atomic mass is 10.0. The fourth-order valence-corrected chi connectivity index (χ4v) is 2.33. The van der Waals surface area contributed by atoms with E-state index < -0.39 is 11.5 Å². The number of rotatable bonds is 5. The van der Waals surface area contributed by atoms with Crippen LogP contribution in [0.15, 0.2) is 30.6 Å². The van der Waals surface area contributed by atoms with E-state index in [1.807, 2.05) is 28.8 Å². The van der Waals surface area contributed by atoms with E-state index in [1.54, 1.807) is 13.3 Å². The van der Waals surface area contributed by atoms with Crippen LogP contribution in [0.2, 0.25) is 0 Å². The number of fused-ring (bicyclic) bond motifs is 1. The molecule has 0 amide bonds. The van der Waals surface area contributed by atoms with Gasteiger partial charge in [0, 0.05) is 6.04 Å². The molecule has 0 saturated heterocycles. The van der Waals surface area contributed by atoms with Crippen molar-refractivity contribution in [1.82, 2.24) is 14.9 Å². The number of nitrogens with zero attached hydrogens (tertiary/aromatic N) is 2. The summed E-state index contributed by atoms with van der Waals surface area (Å²) in [6.07, 6.45) is 3.83. The zero-order chi connectivity index (χ0) is 13.5. The number of hydrogen-bond acceptors (Lipinski definition) is 3. The highest BCUT2D eigenvalue weighted by Gasteiger charge is 2.39. The van der Waals surface area contributed by atoms with Gasteiger partial charge in [-0.15, -0.1) is 0 Å². The lowest BCUT2D eigenvalue weighted by molar-refractivity contribution is -0.144. The number of para-hydroxylation sites is 2. The molecule has 1 atom stereocenters. The summed E-state index contributed by atoms with van der Waals surface area (Å²) in [5.74, 6) is -0.822. The standard InChI is InChI=1S/C14H17N3O2/c1-14(13(18)19,16-10-6-7-10)8-17-9-15-11-4-2-3-5-12(11)17/h2-5,9-10,16H,6-8H2,1H3,(H,18,19). The summed E-state index contributed by atoms with van der Waals surface area (Å²) in [5, 5.41) is 12.7. The molecule has 1 aliphatic rings. The molecule has 100 valence electrons. The second-order valence-corrected chi connectivity index (χ2v) is 5.42. The molecule has 5 heteroatoms. The van der Waals surface area contributed by atoms with Crippen molar-refractivity contribution in [2.45, 2.75) is 37.9 Å². The summed E-state index contributed by atoms with van der Waals surface area (Å²) < 4.78 is 1.90. The van der Waals surface area contributed by atoms with Gasteiger partial charge in [-0.1, -0.05) is 12.1 Å². The number of carbonyl (C=O) groups is 1. The summed E-state index contributed by atoms with van der Waals surface area (Å²) in [6.45, 7) is 2.11. The molecule has 1 unspecified atom stereocenters. The van der Waals surface area contributed by atoms with Crippen LogP contribution in [0.1, 0.15) is 19.8 Å². The largest absolute Gasteiger partial charge is 0.480 e. The highest BCUT2D eigenvalue weighted by Crippen LogP contribution is 2.24. The quantitative estimate of drug-likeness (QED) is 0.856. The second kappa shape index (κ2) is 4.35. The van der Waals surface area contributed by atoms with Crippen LogP contribution < -0.4 is 5.32 Å². The lowest BCUT2D eigenvalue weighted by Crippen LogP contribution is -2.53. The first-order valence-electron chi connectivity index (χ1n) is 6.49. The van der Waals surface area contributed by atoms with E-state index >= 15 is 0 Å². The maximum Gasteiger partial charge on any atom is 0.325 e. The normalized spacial score (nSPS) is 18.4. The molecule has 1 fully saturated rings. The van der Waals surface area contributed by atoms with Gasteiger partial charge in [0.25, 0.3) is 0 Å². The number of carboxylic acid groups (broad SMARTS) is 1. The third kappa shape index (κ3) is 2.33. The van der Waals surface area contributed by atoms with Gasteiger partial charge < -0.3 is 9.67 Å². The molecule has 0 bridgehead atoms. The first kappa shape index (κ1) is 12.2. The van der Waals surface area contributed by atoms with Crippen molar-refractivity contribution >= 4 is 17.0 Å². The molecule has 0 spiro atoms. The molecule has 5 nitrogen and oxygen atoms in total. The number of carboxylic acids is 1. The third-order valence-corrected chi connectivity index (χ3v) is 3.59. The molecule has 1 heterocycles. The predicted octanol–water partition coefficient (Wildman–Crippen LogP) is 1.63. The van der Waals surface area contributed by atoms with Crippen molar-refractivity contribution < 1.29 is 9.90 Å². The number of aromatic nitrogens is 2. The minimum atomic E-state index is -0.954. The van der Waals surface area contributed by atoms with Gasteiger partial charge in [-0.3, -0.25) is 10.1 Å². The van der Waals surface area contributed by atoms with Gasteiger partial charge >= 0.3 is 5.97 Å². The average molecular weight is 259 g/mol. The maximum absolute atomic E-state index is 11.6. The highest BCUT2D eigenvalue weighted by atomic mass is 16.4. The summed E-state index contributed by atoms with van der Waals surface area (Å²) >= 11 is 0. The van der Waals surface area contributed by atoms with Gasteiger partial charge in [0.2, 0.25) is 0 Å². The van der Waals surface area contributed by atoms with Crippen molar-refractivity contribution in [1.29, 1.82) is 0 Å². The van der Waals surface area contributed by atoms with Gasteiger partial charge in [0.1, 0.15) is 5.54 Å². The van der Waals surface area contributed by atoms with E-state index in [9.17, 15) is 9.90 Å². The van der Waals surface area contributed by atoms with Crippen LogP contribution in [0.5, 0.6) is 0 Å². The third-order valence-electron chi connectivity index (χ3n) is 3.59. The van der Waals surface area contributed by atoms with E-state index in [-0.39, 0.29) is 0 Å². The minimum Gasteiger partial charge on any atom is -0.480 e. The molecule has 19 heavy (non-hydrogen) atoms. The Labute approximate surface area is 111 Å². The SMILES string of the molecule is CC(Cn1cnc2ccccc21)(NC1CC1)C(=O)O. The Bertz CT molecular complexity index is 618. The fourth-order valence-electron chi connectivity index (χ4n) is 2.33. The number of imidazole rings is 1. The lowest BCUT2D eigenvalue weighted by Gasteiger charge is -2.27. The van der Waals surface area contributed by atoms with Crippen molar-refractivity contribution in [2.75, 3.05) is 0 Å². The smallest absolute Gasteiger partial charge is 0.325 e. The molecule has 2 aromatic rings. The van der Waals surface area contributed by atoms with Crippen LogP contribution in [0.25, 0.3) is 11.0 Å². The Hall–Kier alpha value is -1.88. The summed E-state index contributed by atoms with van der Waals surface area (Å²) in [5.41, 5.74) is 0.902. The van der Waals surface area contributed by atoms with E-state index in [1.165, 1.54) is 0 Å².